The van der Waals surface area contributed by atoms with Gasteiger partial charge < -0.3 is 14.5 Å². The quantitative estimate of drug-likeness (QED) is 0.523. The molecule has 6 heteroatoms. The van der Waals surface area contributed by atoms with Gasteiger partial charge >= 0.3 is 0 Å². The van der Waals surface area contributed by atoms with Gasteiger partial charge in [-0.25, -0.2) is 0 Å². The largest absolute Gasteiger partial charge is 0.496 e. The Balaban J connectivity index is 1.66. The highest BCUT2D eigenvalue weighted by Gasteiger charge is 2.38. The number of aromatic nitrogens is 1. The maximum Gasteiger partial charge on any atom is 0.258 e. The van der Waals surface area contributed by atoms with Crippen molar-refractivity contribution in [2.75, 3.05) is 26.7 Å². The van der Waals surface area contributed by atoms with Crippen LogP contribution in [-0.4, -0.2) is 59.4 Å². The lowest BCUT2D eigenvalue weighted by Gasteiger charge is -2.40. The minimum Gasteiger partial charge on any atom is -0.496 e. The van der Waals surface area contributed by atoms with Crippen LogP contribution in [-0.2, 0) is 11.2 Å². The second kappa shape index (κ2) is 10.1. The van der Waals surface area contributed by atoms with Crippen molar-refractivity contribution in [3.63, 3.8) is 0 Å². The second-order valence-corrected chi connectivity index (χ2v) is 7.93. The summed E-state index contributed by atoms with van der Waals surface area (Å²) < 4.78 is 5.40. The molecule has 1 atom stereocenters. The van der Waals surface area contributed by atoms with E-state index in [9.17, 15) is 9.59 Å². The van der Waals surface area contributed by atoms with E-state index in [0.717, 1.165) is 16.7 Å². The zero-order valence-corrected chi connectivity index (χ0v) is 18.7. The number of para-hydroxylation sites is 1. The average molecular weight is 442 g/mol. The van der Waals surface area contributed by atoms with Crippen LogP contribution >= 0.6 is 0 Å². The fourth-order valence-corrected chi connectivity index (χ4v) is 4.24. The molecule has 3 aromatic rings. The van der Waals surface area contributed by atoms with Crippen LogP contribution in [0.15, 0.2) is 85.7 Å². The Morgan fingerprint density at radius 1 is 1.09 bits per heavy atom. The average Bonchev–Trinajstić information content (AvgIpc) is 2.87. The molecule has 1 fully saturated rings. The summed E-state index contributed by atoms with van der Waals surface area (Å²) in [5.41, 5.74) is 3.54. The van der Waals surface area contributed by atoms with Gasteiger partial charge in [0.2, 0.25) is 5.91 Å². The Bertz CT molecular complexity index is 1150. The first-order chi connectivity index (χ1) is 16.1. The molecule has 2 amide bonds. The van der Waals surface area contributed by atoms with E-state index in [0.29, 0.717) is 37.4 Å². The minimum absolute atomic E-state index is 0.0706. The van der Waals surface area contributed by atoms with Gasteiger partial charge in [0.25, 0.3) is 5.91 Å². The summed E-state index contributed by atoms with van der Waals surface area (Å²) in [6.07, 6.45) is 5.66. The Morgan fingerprint density at radius 3 is 2.64 bits per heavy atom. The molecule has 0 aliphatic carbocycles. The SMILES string of the molecule is C=CCN1CCN(C(=O)c2ccccc2OC)[C@H](Cc2cccc(-c3ccncc3)c2)C1=O. The van der Waals surface area contributed by atoms with E-state index in [1.54, 1.807) is 53.6 Å². The number of rotatable bonds is 7. The zero-order valence-electron chi connectivity index (χ0n) is 18.7. The van der Waals surface area contributed by atoms with Gasteiger partial charge in [-0.15, -0.1) is 6.58 Å². The van der Waals surface area contributed by atoms with Gasteiger partial charge in [-0.3, -0.25) is 14.6 Å². The number of methoxy groups -OCH3 is 1. The number of hydrogen-bond acceptors (Lipinski definition) is 4. The second-order valence-electron chi connectivity index (χ2n) is 7.93. The normalized spacial score (nSPS) is 15.9. The highest BCUT2D eigenvalue weighted by molar-refractivity contribution is 6.00. The molecule has 0 N–H and O–H groups in total. The van der Waals surface area contributed by atoms with Gasteiger partial charge in [-0.05, 0) is 41.0 Å². The summed E-state index contributed by atoms with van der Waals surface area (Å²) in [6.45, 7) is 5.15. The smallest absolute Gasteiger partial charge is 0.258 e. The van der Waals surface area contributed by atoms with Gasteiger partial charge in [0.1, 0.15) is 11.8 Å². The van der Waals surface area contributed by atoms with E-state index < -0.39 is 6.04 Å². The Morgan fingerprint density at radius 2 is 1.88 bits per heavy atom. The number of hydrogen-bond donors (Lipinski definition) is 0. The van der Waals surface area contributed by atoms with E-state index in [1.807, 2.05) is 36.4 Å². The summed E-state index contributed by atoms with van der Waals surface area (Å²) in [5.74, 6) is 0.231. The predicted octanol–water partition coefficient (Wildman–Crippen LogP) is 3.84. The van der Waals surface area contributed by atoms with Crippen LogP contribution in [0.3, 0.4) is 0 Å². The Labute approximate surface area is 194 Å². The topological polar surface area (TPSA) is 62.7 Å². The molecule has 0 spiro atoms. The van der Waals surface area contributed by atoms with E-state index in [-0.39, 0.29) is 11.8 Å². The summed E-state index contributed by atoms with van der Waals surface area (Å²) in [7, 11) is 1.54. The summed E-state index contributed by atoms with van der Waals surface area (Å²) in [5, 5.41) is 0. The summed E-state index contributed by atoms with van der Waals surface area (Å²) in [6, 6.07) is 18.5. The van der Waals surface area contributed by atoms with Crippen LogP contribution in [0, 0.1) is 0 Å². The molecule has 0 saturated carbocycles. The number of piperazine rings is 1. The number of ether oxygens (including phenoxy) is 1. The molecule has 33 heavy (non-hydrogen) atoms. The molecular weight excluding hydrogens is 414 g/mol. The predicted molar refractivity (Wildman–Crippen MR) is 128 cm³/mol. The van der Waals surface area contributed by atoms with Crippen molar-refractivity contribution in [1.29, 1.82) is 0 Å². The van der Waals surface area contributed by atoms with E-state index >= 15 is 0 Å². The standard InChI is InChI=1S/C27H27N3O3/c1-3-15-29-16-17-30(26(31)23-9-4-5-10-25(23)33-2)24(27(29)32)19-20-7-6-8-22(18-20)21-11-13-28-14-12-21/h3-14,18,24H,1,15-17,19H2,2H3/t24-/m1/s1. The van der Waals surface area contributed by atoms with Gasteiger partial charge in [-0.2, -0.15) is 0 Å². The van der Waals surface area contributed by atoms with Crippen molar-refractivity contribution in [1.82, 2.24) is 14.8 Å². The lowest BCUT2D eigenvalue weighted by Crippen LogP contribution is -2.59. The maximum absolute atomic E-state index is 13.5. The number of carbonyl (C=O) groups is 2. The van der Waals surface area contributed by atoms with Crippen LogP contribution in [0.5, 0.6) is 5.75 Å². The highest BCUT2D eigenvalue weighted by atomic mass is 16.5. The van der Waals surface area contributed by atoms with Crippen molar-refractivity contribution < 1.29 is 14.3 Å². The molecule has 6 nitrogen and oxygen atoms in total. The molecule has 4 rings (SSSR count). The molecule has 0 bridgehead atoms. The van der Waals surface area contributed by atoms with E-state index in [1.165, 1.54) is 0 Å². The molecule has 2 heterocycles. The highest BCUT2D eigenvalue weighted by Crippen LogP contribution is 2.26. The van der Waals surface area contributed by atoms with Crippen molar-refractivity contribution in [2.45, 2.75) is 12.5 Å². The van der Waals surface area contributed by atoms with Gasteiger partial charge in [-0.1, -0.05) is 42.5 Å². The number of benzene rings is 2. The van der Waals surface area contributed by atoms with Crippen LogP contribution in [0.25, 0.3) is 11.1 Å². The minimum atomic E-state index is -0.608. The van der Waals surface area contributed by atoms with Crippen LogP contribution in [0.4, 0.5) is 0 Å². The molecular formula is C27H27N3O3. The number of nitrogens with zero attached hydrogens (tertiary/aromatic N) is 3. The number of carbonyl (C=O) groups excluding carboxylic acids is 2. The fourth-order valence-electron chi connectivity index (χ4n) is 4.24. The van der Waals surface area contributed by atoms with Crippen molar-refractivity contribution in [3.8, 4) is 16.9 Å². The molecule has 0 radical (unpaired) electrons. The molecule has 2 aromatic carbocycles. The fraction of sp³-hybridized carbons (Fsp3) is 0.222. The summed E-state index contributed by atoms with van der Waals surface area (Å²) in [4.78, 5) is 34.5. The Kier molecular flexibility index (Phi) is 6.83. The molecule has 1 aromatic heterocycles. The van der Waals surface area contributed by atoms with Crippen molar-refractivity contribution in [2.24, 2.45) is 0 Å². The van der Waals surface area contributed by atoms with Crippen molar-refractivity contribution in [3.05, 3.63) is 96.8 Å². The summed E-state index contributed by atoms with van der Waals surface area (Å²) >= 11 is 0. The first-order valence-electron chi connectivity index (χ1n) is 11.0. The molecule has 168 valence electrons. The molecule has 1 aliphatic heterocycles. The van der Waals surface area contributed by atoms with Gasteiger partial charge in [0.05, 0.1) is 12.7 Å². The lowest BCUT2D eigenvalue weighted by molar-refractivity contribution is -0.139. The molecule has 1 saturated heterocycles. The third-order valence-corrected chi connectivity index (χ3v) is 5.90. The molecule has 0 unspecified atom stereocenters. The maximum atomic E-state index is 13.5. The number of pyridine rings is 1. The first-order valence-corrected chi connectivity index (χ1v) is 11.0. The van der Waals surface area contributed by atoms with Crippen LogP contribution in [0.2, 0.25) is 0 Å². The van der Waals surface area contributed by atoms with E-state index in [2.05, 4.69) is 17.6 Å². The number of amides is 2. The first kappa shape index (κ1) is 22.3. The van der Waals surface area contributed by atoms with Crippen LogP contribution in [0.1, 0.15) is 15.9 Å². The van der Waals surface area contributed by atoms with Crippen LogP contribution < -0.4 is 4.74 Å². The Hall–Kier alpha value is -3.93. The zero-order chi connectivity index (χ0) is 23.2. The third-order valence-electron chi connectivity index (χ3n) is 5.90. The molecule has 1 aliphatic rings. The van der Waals surface area contributed by atoms with E-state index in [4.69, 9.17) is 4.74 Å². The lowest BCUT2D eigenvalue weighted by atomic mass is 9.97. The van der Waals surface area contributed by atoms with Gasteiger partial charge in [0.15, 0.2) is 0 Å². The van der Waals surface area contributed by atoms with Crippen molar-refractivity contribution >= 4 is 11.8 Å². The monoisotopic (exact) mass is 441 g/mol. The third kappa shape index (κ3) is 4.80. The van der Waals surface area contributed by atoms with Gasteiger partial charge in [0, 0.05) is 38.4 Å².